The van der Waals surface area contributed by atoms with Crippen molar-refractivity contribution >= 4 is 17.1 Å². The van der Waals surface area contributed by atoms with E-state index in [9.17, 15) is 0 Å². The summed E-state index contributed by atoms with van der Waals surface area (Å²) in [6.07, 6.45) is 6.74. The lowest BCUT2D eigenvalue weighted by atomic mass is 10.3. The minimum Gasteiger partial charge on any atom is -0.334 e. The Labute approximate surface area is 94.9 Å². The van der Waals surface area contributed by atoms with Gasteiger partial charge in [-0.05, 0) is 0 Å². The molecule has 0 aliphatic carbocycles. The van der Waals surface area contributed by atoms with Crippen LogP contribution in [-0.2, 0) is 5.88 Å². The van der Waals surface area contributed by atoms with Gasteiger partial charge in [0.15, 0.2) is 5.82 Å². The number of hydrogen-bond acceptors (Lipinski definition) is 5. The largest absolute Gasteiger partial charge is 0.334 e. The van der Waals surface area contributed by atoms with Crippen LogP contribution in [-0.4, -0.2) is 24.7 Å². The molecule has 0 saturated carbocycles. The lowest BCUT2D eigenvalue weighted by molar-refractivity contribution is 0.425. The summed E-state index contributed by atoms with van der Waals surface area (Å²) in [5.41, 5.74) is 1.56. The van der Waals surface area contributed by atoms with E-state index in [4.69, 9.17) is 16.1 Å². The van der Waals surface area contributed by atoms with Crippen LogP contribution in [0.2, 0.25) is 0 Å². The lowest BCUT2D eigenvalue weighted by Gasteiger charge is -1.91. The molecule has 0 aromatic carbocycles. The predicted octanol–water partition coefficient (Wildman–Crippen LogP) is 1.52. The molecule has 0 aliphatic heterocycles. The molecule has 0 spiro atoms. The molecule has 0 aliphatic rings. The van der Waals surface area contributed by atoms with Gasteiger partial charge in [0.05, 0.1) is 29.4 Å². The zero-order chi connectivity index (χ0) is 11.0. The SMILES string of the molecule is ClCc1noc(-c2cnn3ccncc23)n1. The molecule has 7 heteroatoms. The number of aromatic nitrogens is 5. The zero-order valence-electron chi connectivity index (χ0n) is 8.04. The Bertz CT molecular complexity index is 631. The van der Waals surface area contributed by atoms with Crippen LogP contribution in [0.5, 0.6) is 0 Å². The second-order valence-electron chi connectivity index (χ2n) is 3.11. The second-order valence-corrected chi connectivity index (χ2v) is 3.38. The van der Waals surface area contributed by atoms with E-state index in [1.165, 1.54) is 0 Å². The summed E-state index contributed by atoms with van der Waals surface area (Å²) in [7, 11) is 0. The van der Waals surface area contributed by atoms with E-state index >= 15 is 0 Å². The van der Waals surface area contributed by atoms with E-state index in [2.05, 4.69) is 20.2 Å². The highest BCUT2D eigenvalue weighted by Gasteiger charge is 2.13. The fourth-order valence-corrected chi connectivity index (χ4v) is 1.53. The lowest BCUT2D eigenvalue weighted by Crippen LogP contribution is -1.86. The van der Waals surface area contributed by atoms with Gasteiger partial charge in [-0.25, -0.2) is 4.52 Å². The van der Waals surface area contributed by atoms with E-state index in [-0.39, 0.29) is 5.88 Å². The Morgan fingerprint density at radius 2 is 2.31 bits per heavy atom. The van der Waals surface area contributed by atoms with Gasteiger partial charge in [-0.1, -0.05) is 5.16 Å². The number of nitrogens with zero attached hydrogens (tertiary/aromatic N) is 5. The predicted molar refractivity (Wildman–Crippen MR) is 55.8 cm³/mol. The first kappa shape index (κ1) is 9.29. The Balaban J connectivity index is 2.18. The first-order chi connectivity index (χ1) is 7.88. The van der Waals surface area contributed by atoms with Crippen molar-refractivity contribution in [2.24, 2.45) is 0 Å². The molecule has 3 rings (SSSR count). The maximum atomic E-state index is 5.60. The average molecular weight is 236 g/mol. The molecule has 3 aromatic heterocycles. The number of hydrogen-bond donors (Lipinski definition) is 0. The summed E-state index contributed by atoms with van der Waals surface area (Å²) in [6.45, 7) is 0. The molecule has 16 heavy (non-hydrogen) atoms. The van der Waals surface area contributed by atoms with Crippen molar-refractivity contribution in [2.45, 2.75) is 5.88 Å². The third kappa shape index (κ3) is 1.35. The van der Waals surface area contributed by atoms with Crippen LogP contribution in [0.25, 0.3) is 17.0 Å². The number of rotatable bonds is 2. The van der Waals surface area contributed by atoms with Gasteiger partial charge in [-0.2, -0.15) is 10.1 Å². The molecular weight excluding hydrogens is 230 g/mol. The first-order valence-corrected chi connectivity index (χ1v) is 5.08. The third-order valence-corrected chi connectivity index (χ3v) is 2.38. The second kappa shape index (κ2) is 3.57. The topological polar surface area (TPSA) is 69.1 Å². The fourth-order valence-electron chi connectivity index (χ4n) is 1.42. The zero-order valence-corrected chi connectivity index (χ0v) is 8.79. The van der Waals surface area contributed by atoms with Crippen LogP contribution in [0.3, 0.4) is 0 Å². The summed E-state index contributed by atoms with van der Waals surface area (Å²) in [4.78, 5) is 8.15. The van der Waals surface area contributed by atoms with Crippen LogP contribution in [0, 0.1) is 0 Å². The highest BCUT2D eigenvalue weighted by molar-refractivity contribution is 6.16. The van der Waals surface area contributed by atoms with Crippen molar-refractivity contribution in [1.29, 1.82) is 0 Å². The maximum Gasteiger partial charge on any atom is 0.261 e. The Kier molecular flexibility index (Phi) is 2.07. The van der Waals surface area contributed by atoms with Crippen molar-refractivity contribution in [3.8, 4) is 11.5 Å². The van der Waals surface area contributed by atoms with Crippen LogP contribution >= 0.6 is 11.6 Å². The van der Waals surface area contributed by atoms with Crippen LogP contribution in [0.4, 0.5) is 0 Å². The van der Waals surface area contributed by atoms with E-state index in [1.807, 2.05) is 0 Å². The van der Waals surface area contributed by atoms with Gasteiger partial charge in [-0.3, -0.25) is 4.98 Å². The minimum atomic E-state index is 0.223. The summed E-state index contributed by atoms with van der Waals surface area (Å²) in [5, 5.41) is 7.87. The van der Waals surface area contributed by atoms with Crippen LogP contribution in [0.1, 0.15) is 5.82 Å². The highest BCUT2D eigenvalue weighted by Crippen LogP contribution is 2.21. The van der Waals surface area contributed by atoms with Gasteiger partial charge in [0.2, 0.25) is 0 Å². The van der Waals surface area contributed by atoms with Gasteiger partial charge in [0, 0.05) is 12.4 Å². The molecule has 80 valence electrons. The van der Waals surface area contributed by atoms with Crippen molar-refractivity contribution in [3.63, 3.8) is 0 Å². The standard InChI is InChI=1S/C9H6ClN5O/c10-3-8-13-9(16-14-8)6-4-12-15-2-1-11-5-7(6)15/h1-2,4-5H,3H2. The average Bonchev–Trinajstić information content (AvgIpc) is 2.94. The molecule has 0 saturated heterocycles. The molecule has 3 aromatic rings. The molecule has 0 amide bonds. The molecule has 0 N–H and O–H groups in total. The number of halogens is 1. The third-order valence-electron chi connectivity index (χ3n) is 2.14. The Hall–Kier alpha value is -1.95. The maximum absolute atomic E-state index is 5.60. The minimum absolute atomic E-state index is 0.223. The van der Waals surface area contributed by atoms with E-state index in [0.29, 0.717) is 11.7 Å². The van der Waals surface area contributed by atoms with Crippen molar-refractivity contribution in [3.05, 3.63) is 30.6 Å². The molecule has 0 fully saturated rings. The van der Waals surface area contributed by atoms with E-state index in [0.717, 1.165) is 11.1 Å². The molecular formula is C9H6ClN5O. The molecule has 0 radical (unpaired) electrons. The normalized spacial score (nSPS) is 11.1. The summed E-state index contributed by atoms with van der Waals surface area (Å²) >= 11 is 5.60. The summed E-state index contributed by atoms with van der Waals surface area (Å²) in [6, 6.07) is 0. The van der Waals surface area contributed by atoms with Gasteiger partial charge < -0.3 is 4.52 Å². The molecule has 3 heterocycles. The smallest absolute Gasteiger partial charge is 0.261 e. The Morgan fingerprint density at radius 3 is 3.12 bits per heavy atom. The van der Waals surface area contributed by atoms with Gasteiger partial charge in [-0.15, -0.1) is 11.6 Å². The van der Waals surface area contributed by atoms with Crippen molar-refractivity contribution in [1.82, 2.24) is 24.7 Å². The summed E-state index contributed by atoms with van der Waals surface area (Å²) < 4.78 is 6.77. The molecule has 0 atom stereocenters. The highest BCUT2D eigenvalue weighted by atomic mass is 35.5. The van der Waals surface area contributed by atoms with Crippen molar-refractivity contribution in [2.75, 3.05) is 0 Å². The first-order valence-electron chi connectivity index (χ1n) is 4.55. The van der Waals surface area contributed by atoms with Crippen LogP contribution < -0.4 is 0 Å². The number of fused-ring (bicyclic) bond motifs is 1. The number of alkyl halides is 1. The molecule has 0 bridgehead atoms. The Morgan fingerprint density at radius 1 is 1.38 bits per heavy atom. The monoisotopic (exact) mass is 235 g/mol. The van der Waals surface area contributed by atoms with Gasteiger partial charge in [0.25, 0.3) is 5.89 Å². The molecule has 0 unspecified atom stereocenters. The van der Waals surface area contributed by atoms with Crippen LogP contribution in [0.15, 0.2) is 29.3 Å². The molecule has 6 nitrogen and oxygen atoms in total. The van der Waals surface area contributed by atoms with E-state index < -0.39 is 0 Å². The van der Waals surface area contributed by atoms with E-state index in [1.54, 1.807) is 29.3 Å². The quantitative estimate of drug-likeness (QED) is 0.630. The van der Waals surface area contributed by atoms with Gasteiger partial charge in [0.1, 0.15) is 0 Å². The fraction of sp³-hybridized carbons (Fsp3) is 0.111. The summed E-state index contributed by atoms with van der Waals surface area (Å²) in [5.74, 6) is 1.08. The van der Waals surface area contributed by atoms with Gasteiger partial charge >= 0.3 is 0 Å². The van der Waals surface area contributed by atoms with Crippen molar-refractivity contribution < 1.29 is 4.52 Å².